The van der Waals surface area contributed by atoms with Crippen molar-refractivity contribution in [2.75, 3.05) is 72.5 Å². The molecule has 4 aliphatic heterocycles. The number of piperidine rings is 2. The van der Waals surface area contributed by atoms with E-state index in [1.165, 1.54) is 16.4 Å². The number of hydrogen-bond donors (Lipinski definition) is 1. The van der Waals surface area contributed by atoms with E-state index in [0.29, 0.717) is 49.5 Å². The zero-order valence-corrected chi connectivity index (χ0v) is 40.7. The van der Waals surface area contributed by atoms with Crippen molar-refractivity contribution < 1.29 is 19.1 Å². The van der Waals surface area contributed by atoms with Crippen molar-refractivity contribution in [1.82, 2.24) is 44.3 Å². The minimum atomic E-state index is -0.436. The Bertz CT molecular complexity index is 3250. The summed E-state index contributed by atoms with van der Waals surface area (Å²) in [6, 6.07) is 27.4. The van der Waals surface area contributed by atoms with Gasteiger partial charge in [0.2, 0.25) is 11.8 Å². The van der Waals surface area contributed by atoms with Crippen LogP contribution in [0.4, 0.5) is 27.7 Å². The molecule has 4 aromatic heterocycles. The molecule has 8 heterocycles. The van der Waals surface area contributed by atoms with Gasteiger partial charge in [-0.1, -0.05) is 30.3 Å². The predicted molar refractivity (Wildman–Crippen MR) is 273 cm³/mol. The number of rotatable bonds is 10. The molecule has 4 saturated heterocycles. The highest BCUT2D eigenvalue weighted by atomic mass is 16.5. The molecular weight excluding hydrogens is 899 g/mol. The Morgan fingerprint density at radius 3 is 2.25 bits per heavy atom. The molecule has 18 heteroatoms. The molecule has 4 amide bonds. The van der Waals surface area contributed by atoms with Gasteiger partial charge < -0.3 is 14.5 Å². The highest BCUT2D eigenvalue weighted by Crippen LogP contribution is 2.40. The first-order valence-corrected chi connectivity index (χ1v) is 24.4. The number of hydrogen-bond acceptors (Lipinski definition) is 12. The SMILES string of the molecule is COc1nn(C)c(=O)n1-c1ccc(-c2ccnc(N3CCN(c4cccnc4)C3=O)c2C)c(-c2ccc(N3CCN(C4CCN(c5cccc6c(C7CCC(=O)NC7=O)nn(C)c56)CC4)[C@@H](C)C3)cc2)c1. The fraction of sp³-hybridized carbons (Fsp3) is 0.358. The Kier molecular flexibility index (Phi) is 11.9. The monoisotopic (exact) mass is 955 g/mol. The second kappa shape index (κ2) is 18.5. The van der Waals surface area contributed by atoms with Crippen molar-refractivity contribution in [3.05, 3.63) is 119 Å². The number of amides is 4. The van der Waals surface area contributed by atoms with Gasteiger partial charge in [0.15, 0.2) is 0 Å². The number of aryl methyl sites for hydroxylation is 2. The van der Waals surface area contributed by atoms with Gasteiger partial charge in [-0.05, 0) is 109 Å². The molecule has 4 fully saturated rings. The second-order valence-corrected chi connectivity index (χ2v) is 19.0. The summed E-state index contributed by atoms with van der Waals surface area (Å²) in [6.45, 7) is 9.93. The van der Waals surface area contributed by atoms with Crippen LogP contribution in [0.2, 0.25) is 0 Å². The average Bonchev–Trinajstić information content (AvgIpc) is 4.04. The van der Waals surface area contributed by atoms with Crippen molar-refractivity contribution in [2.45, 2.75) is 57.5 Å². The molecule has 0 spiro atoms. The van der Waals surface area contributed by atoms with Crippen LogP contribution in [0.5, 0.6) is 6.01 Å². The topological polar surface area (TPSA) is 172 Å². The molecule has 0 radical (unpaired) electrons. The Balaban J connectivity index is 0.814. The van der Waals surface area contributed by atoms with Crippen LogP contribution >= 0.6 is 0 Å². The van der Waals surface area contributed by atoms with Crippen molar-refractivity contribution in [3.8, 4) is 34.0 Å². The zero-order valence-electron chi connectivity index (χ0n) is 40.7. The lowest BCUT2D eigenvalue weighted by Crippen LogP contribution is -2.57. The largest absolute Gasteiger partial charge is 0.467 e. The molecular formula is C53H57N13O5. The van der Waals surface area contributed by atoms with Crippen LogP contribution in [0.25, 0.3) is 38.8 Å². The Labute approximate surface area is 411 Å². The van der Waals surface area contributed by atoms with E-state index in [9.17, 15) is 19.2 Å². The molecule has 4 aliphatic rings. The van der Waals surface area contributed by atoms with E-state index in [-0.39, 0.29) is 29.5 Å². The molecule has 1 N–H and O–H groups in total. The number of urea groups is 1. The number of fused-ring (bicyclic) bond motifs is 1. The second-order valence-electron chi connectivity index (χ2n) is 19.0. The number of pyridine rings is 2. The van der Waals surface area contributed by atoms with Gasteiger partial charge in [0.05, 0.1) is 47.5 Å². The molecule has 7 aromatic rings. The van der Waals surface area contributed by atoms with Crippen LogP contribution in [-0.4, -0.2) is 122 Å². The molecule has 18 nitrogen and oxygen atoms in total. The first-order valence-electron chi connectivity index (χ1n) is 24.4. The number of carbonyl (C=O) groups is 3. The molecule has 2 atom stereocenters. The van der Waals surface area contributed by atoms with Crippen LogP contribution < -0.4 is 35.3 Å². The van der Waals surface area contributed by atoms with Gasteiger partial charge >= 0.3 is 17.7 Å². The molecule has 71 heavy (non-hydrogen) atoms. The van der Waals surface area contributed by atoms with E-state index in [4.69, 9.17) is 14.8 Å². The number of ether oxygens (including phenoxy) is 1. The summed E-state index contributed by atoms with van der Waals surface area (Å²) in [5.74, 6) is -0.330. The number of benzene rings is 3. The third-order valence-corrected chi connectivity index (χ3v) is 15.0. The van der Waals surface area contributed by atoms with Gasteiger partial charge in [-0.3, -0.25) is 39.3 Å². The number of aromatic nitrogens is 7. The summed E-state index contributed by atoms with van der Waals surface area (Å²) in [7, 11) is 5.05. The third kappa shape index (κ3) is 8.14. The molecule has 1 unspecified atom stereocenters. The number of anilines is 4. The summed E-state index contributed by atoms with van der Waals surface area (Å²) in [5.41, 5.74) is 9.64. The van der Waals surface area contributed by atoms with Gasteiger partial charge in [-0.25, -0.2) is 23.8 Å². The summed E-state index contributed by atoms with van der Waals surface area (Å²) in [4.78, 5) is 72.0. The maximum atomic E-state index is 13.8. The maximum absolute atomic E-state index is 13.8. The van der Waals surface area contributed by atoms with Crippen molar-refractivity contribution >= 4 is 51.6 Å². The van der Waals surface area contributed by atoms with Gasteiger partial charge in [0, 0.05) is 102 Å². The maximum Gasteiger partial charge on any atom is 0.353 e. The highest BCUT2D eigenvalue weighted by Gasteiger charge is 2.36. The Morgan fingerprint density at radius 1 is 0.718 bits per heavy atom. The van der Waals surface area contributed by atoms with Crippen LogP contribution in [0, 0.1) is 6.92 Å². The van der Waals surface area contributed by atoms with Crippen molar-refractivity contribution in [3.63, 3.8) is 0 Å². The fourth-order valence-electron chi connectivity index (χ4n) is 11.4. The number of imide groups is 1. The van der Waals surface area contributed by atoms with E-state index >= 15 is 0 Å². The predicted octanol–water partition coefficient (Wildman–Crippen LogP) is 6.05. The zero-order chi connectivity index (χ0) is 49.1. The Hall–Kier alpha value is -7.86. The van der Waals surface area contributed by atoms with E-state index < -0.39 is 5.92 Å². The summed E-state index contributed by atoms with van der Waals surface area (Å²) in [5, 5.41) is 12.6. The van der Waals surface area contributed by atoms with Crippen molar-refractivity contribution in [1.29, 1.82) is 0 Å². The minimum absolute atomic E-state index is 0.153. The third-order valence-electron chi connectivity index (χ3n) is 15.0. The molecule has 0 aliphatic carbocycles. The van der Waals surface area contributed by atoms with Crippen LogP contribution in [0.1, 0.15) is 49.8 Å². The van der Waals surface area contributed by atoms with Gasteiger partial charge in [0.25, 0.3) is 0 Å². The number of piperazine rings is 1. The average molecular weight is 956 g/mol. The molecule has 11 rings (SSSR count). The number of para-hydroxylation sites is 1. The van der Waals surface area contributed by atoms with Gasteiger partial charge in [0.1, 0.15) is 5.82 Å². The number of nitrogens with one attached hydrogen (secondary N) is 1. The molecule has 364 valence electrons. The van der Waals surface area contributed by atoms with Gasteiger partial charge in [-0.2, -0.15) is 5.10 Å². The number of methoxy groups -OCH3 is 1. The van der Waals surface area contributed by atoms with E-state index in [1.54, 1.807) is 35.4 Å². The lowest BCUT2D eigenvalue weighted by molar-refractivity contribution is -0.134. The summed E-state index contributed by atoms with van der Waals surface area (Å²) < 4.78 is 10.2. The minimum Gasteiger partial charge on any atom is -0.467 e. The number of carbonyl (C=O) groups excluding carboxylic acids is 3. The smallest absolute Gasteiger partial charge is 0.353 e. The highest BCUT2D eigenvalue weighted by molar-refractivity contribution is 6.06. The van der Waals surface area contributed by atoms with Crippen molar-refractivity contribution in [2.24, 2.45) is 14.1 Å². The van der Waals surface area contributed by atoms with Crippen LogP contribution in [0.3, 0.4) is 0 Å². The number of nitrogens with zero attached hydrogens (tertiary/aromatic N) is 12. The quantitative estimate of drug-likeness (QED) is 0.158. The summed E-state index contributed by atoms with van der Waals surface area (Å²) in [6.07, 6.45) is 8.02. The van der Waals surface area contributed by atoms with Gasteiger partial charge in [-0.15, -0.1) is 5.10 Å². The van der Waals surface area contributed by atoms with Crippen LogP contribution in [0.15, 0.2) is 102 Å². The lowest BCUT2D eigenvalue weighted by atomic mass is 9.91. The first kappa shape index (κ1) is 45.6. The molecule has 0 saturated carbocycles. The van der Waals surface area contributed by atoms with E-state index in [0.717, 1.165) is 107 Å². The fourth-order valence-corrected chi connectivity index (χ4v) is 11.4. The van der Waals surface area contributed by atoms with E-state index in [1.807, 2.05) is 61.1 Å². The Morgan fingerprint density at radius 2 is 1.51 bits per heavy atom. The van der Waals surface area contributed by atoms with Crippen LogP contribution in [-0.2, 0) is 23.7 Å². The molecule has 3 aromatic carbocycles. The van der Waals surface area contributed by atoms with E-state index in [2.05, 4.69) is 73.4 Å². The summed E-state index contributed by atoms with van der Waals surface area (Å²) >= 11 is 0. The first-order chi connectivity index (χ1) is 34.5. The normalized spacial score (nSPS) is 19.3. The standard InChI is InChI=1S/C53H57N13O5/c1-33-32-62(26-27-63(33)37-20-24-61(25-21-37)45-10-6-9-42-47(57-59(3)48(42)45)43-17-18-46(67)56-50(43)68)36-13-11-35(12-14-36)44-30-38(66-51(71-5)58-60(4)52(66)69)15-16-41(44)40-19-23-55-49(34(40)2)65-29-28-64(53(65)70)39-8-7-22-54-31-39/h6-16,19,22-23,30-31,33,37,43H,17-18,20-21,24-29,32H2,1-5H3,(H,56,67,68)/t33-,43?/m0/s1. The lowest BCUT2D eigenvalue weighted by Gasteiger charge is -2.47. The molecule has 0 bridgehead atoms.